The monoisotopic (exact) mass is 623 g/mol. The summed E-state index contributed by atoms with van der Waals surface area (Å²) < 4.78 is 36.0. The van der Waals surface area contributed by atoms with Gasteiger partial charge in [0.2, 0.25) is 5.91 Å². The van der Waals surface area contributed by atoms with Crippen molar-refractivity contribution in [2.75, 3.05) is 72.2 Å². The Balaban J connectivity index is 1.07. The third-order valence-electron chi connectivity index (χ3n) is 9.62. The van der Waals surface area contributed by atoms with Crippen molar-refractivity contribution in [3.05, 3.63) is 0 Å². The molecule has 0 aromatic rings. The fourth-order valence-electron chi connectivity index (χ4n) is 6.80. The predicted octanol–water partition coefficient (Wildman–Crippen LogP) is 0.578. The lowest BCUT2D eigenvalue weighted by Crippen LogP contribution is -2.62. The summed E-state index contributed by atoms with van der Waals surface area (Å²) >= 11 is 6.14. The SMILES string of the molecule is O=C(CC1C(F)CC(OCCCC2CCN(C3NCC(Cl)CN3)CC2)CC1F)N1CC[C@@H](CNCC(O)(CO)CO)C1. The maximum Gasteiger partial charge on any atom is 0.223 e. The topological polar surface area (TPSA) is 130 Å². The van der Waals surface area contributed by atoms with Gasteiger partial charge >= 0.3 is 0 Å². The van der Waals surface area contributed by atoms with Crippen LogP contribution < -0.4 is 16.0 Å². The smallest absolute Gasteiger partial charge is 0.223 e. The summed E-state index contributed by atoms with van der Waals surface area (Å²) in [5.41, 5.74) is -1.58. The first-order valence-electron chi connectivity index (χ1n) is 15.9. The molecule has 10 nitrogen and oxygen atoms in total. The van der Waals surface area contributed by atoms with E-state index in [0.29, 0.717) is 32.2 Å². The molecule has 3 aliphatic heterocycles. The van der Waals surface area contributed by atoms with Crippen LogP contribution in [0, 0.1) is 17.8 Å². The van der Waals surface area contributed by atoms with Crippen LogP contribution in [0.25, 0.3) is 0 Å². The minimum Gasteiger partial charge on any atom is -0.393 e. The van der Waals surface area contributed by atoms with Gasteiger partial charge in [-0.1, -0.05) is 0 Å². The largest absolute Gasteiger partial charge is 0.393 e. The molecule has 42 heavy (non-hydrogen) atoms. The molecule has 0 bridgehead atoms. The van der Waals surface area contributed by atoms with Crippen LogP contribution in [0.15, 0.2) is 0 Å². The predicted molar refractivity (Wildman–Crippen MR) is 157 cm³/mol. The summed E-state index contributed by atoms with van der Waals surface area (Å²) in [5, 5.41) is 38.4. The minimum atomic E-state index is -1.58. The minimum absolute atomic E-state index is 0.0361. The number of likely N-dealkylation sites (tertiary alicyclic amines) is 2. The van der Waals surface area contributed by atoms with Crippen LogP contribution in [-0.2, 0) is 9.53 Å². The van der Waals surface area contributed by atoms with E-state index in [2.05, 4.69) is 20.9 Å². The Morgan fingerprint density at radius 2 is 1.67 bits per heavy atom. The van der Waals surface area contributed by atoms with Crippen molar-refractivity contribution in [1.29, 1.82) is 0 Å². The lowest BCUT2D eigenvalue weighted by Gasteiger charge is -2.41. The van der Waals surface area contributed by atoms with E-state index in [-0.39, 0.29) is 49.3 Å². The summed E-state index contributed by atoms with van der Waals surface area (Å²) in [4.78, 5) is 17.0. The Morgan fingerprint density at radius 3 is 2.31 bits per heavy atom. The average Bonchev–Trinajstić information content (AvgIpc) is 3.47. The van der Waals surface area contributed by atoms with Crippen LogP contribution in [0.5, 0.6) is 0 Å². The van der Waals surface area contributed by atoms with Crippen LogP contribution >= 0.6 is 11.6 Å². The molecule has 0 spiro atoms. The van der Waals surface area contributed by atoms with Gasteiger partial charge in [0.25, 0.3) is 0 Å². The van der Waals surface area contributed by atoms with Gasteiger partial charge in [-0.2, -0.15) is 0 Å². The first kappa shape index (κ1) is 34.2. The molecular formula is C29H52ClF2N5O5. The summed E-state index contributed by atoms with van der Waals surface area (Å²) in [6.07, 6.45) is 2.02. The molecule has 4 rings (SSSR count). The van der Waals surface area contributed by atoms with Crippen molar-refractivity contribution in [2.24, 2.45) is 17.8 Å². The van der Waals surface area contributed by atoms with Crippen LogP contribution in [0.4, 0.5) is 8.78 Å². The average molecular weight is 624 g/mol. The molecule has 3 atom stereocenters. The first-order valence-corrected chi connectivity index (χ1v) is 16.3. The van der Waals surface area contributed by atoms with E-state index in [1.165, 1.54) is 0 Å². The van der Waals surface area contributed by atoms with Gasteiger partial charge in [0.05, 0.1) is 24.7 Å². The highest BCUT2D eigenvalue weighted by molar-refractivity contribution is 6.21. The molecule has 6 N–H and O–H groups in total. The normalized spacial score (nSPS) is 33.8. The third kappa shape index (κ3) is 9.90. The molecule has 13 heteroatoms. The Labute approximate surface area is 253 Å². The zero-order valence-electron chi connectivity index (χ0n) is 24.7. The zero-order valence-corrected chi connectivity index (χ0v) is 25.5. The maximum atomic E-state index is 15.0. The van der Waals surface area contributed by atoms with Gasteiger partial charge in [0.15, 0.2) is 0 Å². The van der Waals surface area contributed by atoms with E-state index in [1.54, 1.807) is 4.90 Å². The number of hydrogen-bond acceptors (Lipinski definition) is 9. The number of ether oxygens (including phenoxy) is 1. The van der Waals surface area contributed by atoms with Crippen LogP contribution in [0.1, 0.15) is 51.4 Å². The maximum absolute atomic E-state index is 15.0. The molecule has 4 aliphatic rings. The standard InChI is InChI=1S/C29H52ClF2N5O5/c30-22-14-34-28(35-15-22)36-6-3-20(4-7-36)2-1-9-42-23-10-25(31)24(26(32)11-23)12-27(40)37-8-5-21(16-37)13-33-17-29(41,18-38)19-39/h20-26,28,33-35,38-39,41H,1-19H2/t21-,22?,23?,24?,25?,26?,28?/m0/s1. The lowest BCUT2D eigenvalue weighted by atomic mass is 9.81. The molecule has 1 amide bonds. The number of nitrogens with one attached hydrogen (secondary N) is 3. The highest BCUT2D eigenvalue weighted by atomic mass is 35.5. The molecule has 3 saturated heterocycles. The number of piperidine rings is 1. The van der Waals surface area contributed by atoms with Crippen LogP contribution in [0.3, 0.4) is 0 Å². The number of aliphatic hydroxyl groups is 3. The highest BCUT2D eigenvalue weighted by Gasteiger charge is 2.41. The molecule has 2 unspecified atom stereocenters. The Hall–Kier alpha value is -0.700. The van der Waals surface area contributed by atoms with E-state index in [0.717, 1.165) is 58.3 Å². The number of carbonyl (C=O) groups excluding carboxylic acids is 1. The van der Waals surface area contributed by atoms with E-state index in [1.807, 2.05) is 0 Å². The van der Waals surface area contributed by atoms with Crippen LogP contribution in [0.2, 0.25) is 0 Å². The van der Waals surface area contributed by atoms with Crippen LogP contribution in [-0.4, -0.2) is 139 Å². The van der Waals surface area contributed by atoms with E-state index >= 15 is 8.78 Å². The number of rotatable bonds is 14. The molecule has 244 valence electrons. The molecule has 0 aromatic carbocycles. The number of aliphatic hydroxyl groups excluding tert-OH is 2. The van der Waals surface area contributed by atoms with E-state index in [9.17, 15) is 20.1 Å². The molecule has 0 aromatic heterocycles. The van der Waals surface area contributed by atoms with Gasteiger partial charge in [-0.3, -0.25) is 20.3 Å². The second-order valence-corrected chi connectivity index (χ2v) is 13.6. The number of amides is 1. The Morgan fingerprint density at radius 1 is 1.02 bits per heavy atom. The van der Waals surface area contributed by atoms with Gasteiger partial charge in [0.1, 0.15) is 24.2 Å². The fraction of sp³-hybridized carbons (Fsp3) is 0.966. The van der Waals surface area contributed by atoms with Crippen molar-refractivity contribution in [3.63, 3.8) is 0 Å². The third-order valence-corrected chi connectivity index (χ3v) is 9.93. The van der Waals surface area contributed by atoms with Gasteiger partial charge in [-0.25, -0.2) is 8.78 Å². The molecule has 0 radical (unpaired) electrons. The summed E-state index contributed by atoms with van der Waals surface area (Å²) in [6.45, 7) is 4.67. The number of nitrogens with zero attached hydrogens (tertiary/aromatic N) is 2. The quantitative estimate of drug-likeness (QED) is 0.122. The molecule has 4 fully saturated rings. The molecule has 1 saturated carbocycles. The van der Waals surface area contributed by atoms with E-state index in [4.69, 9.17) is 16.3 Å². The van der Waals surface area contributed by atoms with Gasteiger partial charge in [-0.05, 0) is 50.5 Å². The summed E-state index contributed by atoms with van der Waals surface area (Å²) in [6, 6.07) is 0. The van der Waals surface area contributed by atoms with Gasteiger partial charge in [0, 0.05) is 77.6 Å². The van der Waals surface area contributed by atoms with Crippen molar-refractivity contribution < 1.29 is 33.6 Å². The molecule has 1 aliphatic carbocycles. The number of alkyl halides is 3. The molecular weight excluding hydrogens is 572 g/mol. The van der Waals surface area contributed by atoms with Crippen molar-refractivity contribution in [1.82, 2.24) is 25.8 Å². The summed E-state index contributed by atoms with van der Waals surface area (Å²) in [7, 11) is 0. The van der Waals surface area contributed by atoms with Crippen molar-refractivity contribution >= 4 is 17.5 Å². The number of halogens is 3. The number of carbonyl (C=O) groups is 1. The second kappa shape index (κ2) is 16.6. The Kier molecular flexibility index (Phi) is 13.5. The second-order valence-electron chi connectivity index (χ2n) is 13.0. The summed E-state index contributed by atoms with van der Waals surface area (Å²) in [5.74, 6) is -0.380. The van der Waals surface area contributed by atoms with Gasteiger partial charge < -0.3 is 30.3 Å². The first-order chi connectivity index (χ1) is 20.2. The fourth-order valence-corrected chi connectivity index (χ4v) is 6.98. The van der Waals surface area contributed by atoms with Crippen molar-refractivity contribution in [3.8, 4) is 0 Å². The van der Waals surface area contributed by atoms with E-state index < -0.39 is 43.2 Å². The number of hydrogen-bond donors (Lipinski definition) is 6. The zero-order chi connectivity index (χ0) is 30.1. The molecule has 3 heterocycles. The highest BCUT2D eigenvalue weighted by Crippen LogP contribution is 2.35. The Bertz CT molecular complexity index is 805. The van der Waals surface area contributed by atoms with Gasteiger partial charge in [-0.15, -0.1) is 11.6 Å². The lowest BCUT2D eigenvalue weighted by molar-refractivity contribution is -0.134. The van der Waals surface area contributed by atoms with Crippen molar-refractivity contribution in [2.45, 2.75) is 87.1 Å².